The summed E-state index contributed by atoms with van der Waals surface area (Å²) in [6.45, 7) is 4.04. The zero-order valence-electron chi connectivity index (χ0n) is 11.1. The Morgan fingerprint density at radius 2 is 1.84 bits per heavy atom. The van der Waals surface area contributed by atoms with E-state index in [4.69, 9.17) is 17.3 Å². The maximum atomic E-state index is 12.1. The van der Waals surface area contributed by atoms with Crippen LogP contribution in [0.25, 0.3) is 0 Å². The van der Waals surface area contributed by atoms with Crippen molar-refractivity contribution in [1.29, 1.82) is 0 Å². The van der Waals surface area contributed by atoms with Gasteiger partial charge in [-0.3, -0.25) is 14.5 Å². The number of amides is 2. The van der Waals surface area contributed by atoms with E-state index >= 15 is 0 Å². The predicted molar refractivity (Wildman–Crippen MR) is 74.4 cm³/mol. The molecule has 1 heterocycles. The molecule has 2 rings (SSSR count). The zero-order chi connectivity index (χ0) is 14.2. The summed E-state index contributed by atoms with van der Waals surface area (Å²) >= 11 is 5.91. The average Bonchev–Trinajstić information content (AvgIpc) is 2.26. The Hall–Kier alpha value is -1.55. The topological polar surface area (TPSA) is 63.4 Å². The number of imide groups is 1. The van der Waals surface area contributed by atoms with Crippen LogP contribution in [0.3, 0.4) is 0 Å². The summed E-state index contributed by atoms with van der Waals surface area (Å²) in [7, 11) is 0. The van der Waals surface area contributed by atoms with Gasteiger partial charge < -0.3 is 5.73 Å². The minimum Gasteiger partial charge on any atom is -0.398 e. The molecule has 1 fully saturated rings. The summed E-state index contributed by atoms with van der Waals surface area (Å²) in [4.78, 5) is 25.4. The summed E-state index contributed by atoms with van der Waals surface area (Å²) in [5.41, 5.74) is 6.82. The summed E-state index contributed by atoms with van der Waals surface area (Å²) in [5, 5.41) is 0.543. The van der Waals surface area contributed by atoms with E-state index in [0.29, 0.717) is 29.1 Å². The molecule has 0 aromatic heterocycles. The molecule has 0 saturated carbocycles. The SMILES string of the molecule is CC1(C)CC(=O)N(Cc2cc(Cl)ccc2N)C(=O)C1. The Morgan fingerprint density at radius 1 is 1.26 bits per heavy atom. The van der Waals surface area contributed by atoms with Gasteiger partial charge >= 0.3 is 0 Å². The third kappa shape index (κ3) is 3.07. The summed E-state index contributed by atoms with van der Waals surface area (Å²) in [6.07, 6.45) is 0.748. The molecule has 1 aliphatic heterocycles. The molecule has 5 heteroatoms. The van der Waals surface area contributed by atoms with Crippen molar-refractivity contribution in [2.45, 2.75) is 33.2 Å². The molecule has 0 bridgehead atoms. The number of likely N-dealkylation sites (tertiary alicyclic amines) is 1. The number of carbonyl (C=O) groups excluding carboxylic acids is 2. The van der Waals surface area contributed by atoms with Gasteiger partial charge in [-0.2, -0.15) is 0 Å². The van der Waals surface area contributed by atoms with Crippen molar-refractivity contribution in [3.63, 3.8) is 0 Å². The lowest BCUT2D eigenvalue weighted by molar-refractivity contribution is -0.153. The first-order chi connectivity index (χ1) is 8.78. The molecule has 2 amide bonds. The van der Waals surface area contributed by atoms with Crippen LogP contribution in [0.2, 0.25) is 5.02 Å². The van der Waals surface area contributed by atoms with E-state index in [9.17, 15) is 9.59 Å². The normalized spacial score (nSPS) is 18.8. The quantitative estimate of drug-likeness (QED) is 0.669. The second-order valence-corrected chi connectivity index (χ2v) is 6.17. The number of hydrogen-bond donors (Lipinski definition) is 1. The molecule has 1 aliphatic rings. The molecule has 1 aromatic rings. The third-order valence-corrected chi connectivity index (χ3v) is 3.53. The van der Waals surface area contributed by atoms with Crippen molar-refractivity contribution in [2.24, 2.45) is 5.41 Å². The Labute approximate surface area is 117 Å². The molecule has 0 aliphatic carbocycles. The number of nitrogens with zero attached hydrogens (tertiary/aromatic N) is 1. The van der Waals surface area contributed by atoms with Crippen LogP contribution in [0.15, 0.2) is 18.2 Å². The van der Waals surface area contributed by atoms with Crippen molar-refractivity contribution < 1.29 is 9.59 Å². The van der Waals surface area contributed by atoms with Gasteiger partial charge in [0.1, 0.15) is 0 Å². The monoisotopic (exact) mass is 280 g/mol. The molecule has 0 atom stereocenters. The van der Waals surface area contributed by atoms with Gasteiger partial charge in [0.15, 0.2) is 0 Å². The van der Waals surface area contributed by atoms with Gasteiger partial charge in [0.2, 0.25) is 11.8 Å². The number of nitrogens with two attached hydrogens (primary N) is 1. The number of anilines is 1. The van der Waals surface area contributed by atoms with Crippen molar-refractivity contribution in [3.8, 4) is 0 Å². The Balaban J connectivity index is 2.21. The maximum Gasteiger partial charge on any atom is 0.230 e. The van der Waals surface area contributed by atoms with Crippen LogP contribution >= 0.6 is 11.6 Å². The smallest absolute Gasteiger partial charge is 0.230 e. The second kappa shape index (κ2) is 4.85. The van der Waals surface area contributed by atoms with Crippen LogP contribution in [-0.2, 0) is 16.1 Å². The standard InChI is InChI=1S/C14H17ClN2O2/c1-14(2)6-12(18)17(13(19)7-14)8-9-5-10(15)3-4-11(9)16/h3-5H,6-8,16H2,1-2H3. The number of nitrogen functional groups attached to an aromatic ring is 1. The molecule has 1 saturated heterocycles. The number of benzene rings is 1. The number of hydrogen-bond acceptors (Lipinski definition) is 3. The molecule has 0 spiro atoms. The highest BCUT2D eigenvalue weighted by Crippen LogP contribution is 2.32. The second-order valence-electron chi connectivity index (χ2n) is 5.73. The maximum absolute atomic E-state index is 12.1. The van der Waals surface area contributed by atoms with E-state index in [-0.39, 0.29) is 23.8 Å². The van der Waals surface area contributed by atoms with Crippen LogP contribution in [-0.4, -0.2) is 16.7 Å². The molecular formula is C14H17ClN2O2. The Kier molecular flexibility index (Phi) is 3.54. The van der Waals surface area contributed by atoms with Gasteiger partial charge in [-0.15, -0.1) is 0 Å². The summed E-state index contributed by atoms with van der Waals surface area (Å²) < 4.78 is 0. The lowest BCUT2D eigenvalue weighted by Crippen LogP contribution is -2.45. The molecule has 102 valence electrons. The molecule has 2 N–H and O–H groups in total. The third-order valence-electron chi connectivity index (χ3n) is 3.30. The van der Waals surface area contributed by atoms with Gasteiger partial charge in [-0.1, -0.05) is 25.4 Å². The zero-order valence-corrected chi connectivity index (χ0v) is 11.8. The van der Waals surface area contributed by atoms with E-state index < -0.39 is 0 Å². The van der Waals surface area contributed by atoms with Crippen LogP contribution < -0.4 is 5.73 Å². The highest BCUT2D eigenvalue weighted by molar-refractivity contribution is 6.30. The first-order valence-corrected chi connectivity index (χ1v) is 6.53. The molecule has 1 aromatic carbocycles. The van der Waals surface area contributed by atoms with Crippen LogP contribution in [0, 0.1) is 5.41 Å². The van der Waals surface area contributed by atoms with Crippen LogP contribution in [0.1, 0.15) is 32.3 Å². The van der Waals surface area contributed by atoms with Gasteiger partial charge in [0.25, 0.3) is 0 Å². The lowest BCUT2D eigenvalue weighted by Gasteiger charge is -2.34. The van der Waals surface area contributed by atoms with Gasteiger partial charge in [0, 0.05) is 23.6 Å². The minimum absolute atomic E-state index is 0.152. The van der Waals surface area contributed by atoms with Crippen molar-refractivity contribution in [2.75, 3.05) is 5.73 Å². The average molecular weight is 281 g/mol. The summed E-state index contributed by atoms with van der Waals surface area (Å²) in [6, 6.07) is 5.06. The van der Waals surface area contributed by atoms with E-state index in [1.165, 1.54) is 4.90 Å². The molecular weight excluding hydrogens is 264 g/mol. The fourth-order valence-corrected chi connectivity index (χ4v) is 2.46. The highest BCUT2D eigenvalue weighted by Gasteiger charge is 2.37. The number of rotatable bonds is 2. The number of piperidine rings is 1. The number of halogens is 1. The largest absolute Gasteiger partial charge is 0.398 e. The predicted octanol–water partition coefficient (Wildman–Crippen LogP) is 2.60. The van der Waals surface area contributed by atoms with Gasteiger partial charge in [0.05, 0.1) is 6.54 Å². The van der Waals surface area contributed by atoms with Crippen LogP contribution in [0.5, 0.6) is 0 Å². The van der Waals surface area contributed by atoms with Crippen molar-refractivity contribution >= 4 is 29.1 Å². The first-order valence-electron chi connectivity index (χ1n) is 6.16. The van der Waals surface area contributed by atoms with E-state index in [0.717, 1.165) is 0 Å². The fraction of sp³-hybridized carbons (Fsp3) is 0.429. The highest BCUT2D eigenvalue weighted by atomic mass is 35.5. The minimum atomic E-state index is -0.259. The number of carbonyl (C=O) groups is 2. The van der Waals surface area contributed by atoms with Crippen molar-refractivity contribution in [1.82, 2.24) is 4.90 Å². The Morgan fingerprint density at radius 3 is 2.42 bits per heavy atom. The van der Waals surface area contributed by atoms with Gasteiger partial charge in [-0.05, 0) is 29.2 Å². The fourth-order valence-electron chi connectivity index (χ4n) is 2.27. The molecule has 19 heavy (non-hydrogen) atoms. The summed E-state index contributed by atoms with van der Waals surface area (Å²) in [5.74, 6) is -0.304. The molecule has 0 unspecified atom stereocenters. The first kappa shape index (κ1) is 13.9. The molecule has 0 radical (unpaired) electrons. The molecule has 4 nitrogen and oxygen atoms in total. The lowest BCUT2D eigenvalue weighted by atomic mass is 9.81. The van der Waals surface area contributed by atoms with E-state index in [1.54, 1.807) is 18.2 Å². The van der Waals surface area contributed by atoms with E-state index in [2.05, 4.69) is 0 Å². The van der Waals surface area contributed by atoms with Crippen molar-refractivity contribution in [3.05, 3.63) is 28.8 Å². The van der Waals surface area contributed by atoms with E-state index in [1.807, 2.05) is 13.8 Å². The van der Waals surface area contributed by atoms with Crippen LogP contribution in [0.4, 0.5) is 5.69 Å². The van der Waals surface area contributed by atoms with Gasteiger partial charge in [-0.25, -0.2) is 0 Å². The Bertz CT molecular complexity index is 520.